The molecule has 4 rings (SSSR count). The van der Waals surface area contributed by atoms with E-state index in [0.29, 0.717) is 0 Å². The van der Waals surface area contributed by atoms with E-state index < -0.39 is 0 Å². The topological polar surface area (TPSA) is 76.5 Å². The molecule has 0 amide bonds. The van der Waals surface area contributed by atoms with E-state index in [1.807, 2.05) is 24.4 Å². The first kappa shape index (κ1) is 11.8. The summed E-state index contributed by atoms with van der Waals surface area (Å²) >= 11 is 0. The first-order valence-corrected chi connectivity index (χ1v) is 6.80. The number of aromatic nitrogens is 3. The van der Waals surface area contributed by atoms with Crippen LogP contribution in [0.2, 0.25) is 0 Å². The molecule has 0 unspecified atom stereocenters. The molecule has 0 spiro atoms. The van der Waals surface area contributed by atoms with Crippen LogP contribution in [0.5, 0.6) is 0 Å². The van der Waals surface area contributed by atoms with E-state index in [9.17, 15) is 4.79 Å². The predicted octanol–water partition coefficient (Wildman–Crippen LogP) is 2.95. The molecular formula is C16H14N4O. The van der Waals surface area contributed by atoms with Gasteiger partial charge in [-0.3, -0.25) is 0 Å². The summed E-state index contributed by atoms with van der Waals surface area (Å²) in [5.41, 5.74) is 4.76. The molecule has 4 N–H and O–H groups in total. The lowest BCUT2D eigenvalue weighted by Gasteiger charge is -2.07. The Balaban J connectivity index is 1.57. The predicted molar refractivity (Wildman–Crippen MR) is 84.5 cm³/mol. The highest BCUT2D eigenvalue weighted by Gasteiger charge is 2.01. The van der Waals surface area contributed by atoms with Crippen molar-refractivity contribution in [2.75, 3.05) is 5.32 Å². The van der Waals surface area contributed by atoms with Gasteiger partial charge in [-0.25, -0.2) is 4.79 Å². The maximum absolute atomic E-state index is 11.2. The molecule has 0 saturated heterocycles. The minimum atomic E-state index is -0.181. The van der Waals surface area contributed by atoms with Gasteiger partial charge >= 0.3 is 5.69 Å². The first-order valence-electron chi connectivity index (χ1n) is 6.80. The summed E-state index contributed by atoms with van der Waals surface area (Å²) in [5.74, 6) is 0. The number of fused-ring (bicyclic) bond motifs is 2. The van der Waals surface area contributed by atoms with Crippen LogP contribution in [0, 0.1) is 0 Å². The van der Waals surface area contributed by atoms with Crippen molar-refractivity contribution in [1.82, 2.24) is 15.0 Å². The summed E-state index contributed by atoms with van der Waals surface area (Å²) in [4.78, 5) is 20.0. The highest BCUT2D eigenvalue weighted by molar-refractivity contribution is 5.80. The van der Waals surface area contributed by atoms with Crippen molar-refractivity contribution in [3.8, 4) is 0 Å². The maximum atomic E-state index is 11.2. The number of anilines is 1. The molecule has 0 fully saturated rings. The van der Waals surface area contributed by atoms with Gasteiger partial charge in [0.2, 0.25) is 0 Å². The molecule has 2 aromatic carbocycles. The number of hydrogen-bond donors (Lipinski definition) is 4. The van der Waals surface area contributed by atoms with Crippen LogP contribution in [0.4, 0.5) is 5.69 Å². The van der Waals surface area contributed by atoms with Gasteiger partial charge in [-0.2, -0.15) is 0 Å². The quantitative estimate of drug-likeness (QED) is 0.465. The molecular weight excluding hydrogens is 264 g/mol. The molecule has 0 aliphatic rings. The molecule has 0 aliphatic heterocycles. The van der Waals surface area contributed by atoms with Crippen molar-refractivity contribution in [3.05, 3.63) is 64.7 Å². The van der Waals surface area contributed by atoms with E-state index >= 15 is 0 Å². The van der Waals surface area contributed by atoms with Gasteiger partial charge in [0.1, 0.15) is 0 Å². The molecule has 2 aromatic heterocycles. The Hall–Kier alpha value is -2.95. The van der Waals surface area contributed by atoms with Gasteiger partial charge in [0.15, 0.2) is 0 Å². The monoisotopic (exact) mass is 278 g/mol. The van der Waals surface area contributed by atoms with Crippen LogP contribution in [0.25, 0.3) is 21.9 Å². The Morgan fingerprint density at radius 2 is 1.81 bits per heavy atom. The summed E-state index contributed by atoms with van der Waals surface area (Å²) in [7, 11) is 0. The Bertz CT molecular complexity index is 976. The van der Waals surface area contributed by atoms with Gasteiger partial charge in [0.05, 0.1) is 11.0 Å². The summed E-state index contributed by atoms with van der Waals surface area (Å²) in [6.07, 6.45) is 1.94. The van der Waals surface area contributed by atoms with Crippen molar-refractivity contribution >= 4 is 27.6 Å². The van der Waals surface area contributed by atoms with Crippen molar-refractivity contribution < 1.29 is 0 Å². The molecule has 0 aliphatic carbocycles. The lowest BCUT2D eigenvalue weighted by molar-refractivity contribution is 1.15. The largest absolute Gasteiger partial charge is 0.381 e. The average Bonchev–Trinajstić information content (AvgIpc) is 3.08. The number of H-pyrrole nitrogens is 3. The first-order chi connectivity index (χ1) is 10.3. The van der Waals surface area contributed by atoms with E-state index in [1.54, 1.807) is 0 Å². The normalized spacial score (nSPS) is 11.2. The van der Waals surface area contributed by atoms with Crippen molar-refractivity contribution in [1.29, 1.82) is 0 Å². The summed E-state index contributed by atoms with van der Waals surface area (Å²) in [6.45, 7) is 0.731. The number of benzene rings is 2. The van der Waals surface area contributed by atoms with Gasteiger partial charge in [-0.05, 0) is 41.3 Å². The van der Waals surface area contributed by atoms with Crippen LogP contribution in [0.3, 0.4) is 0 Å². The lowest BCUT2D eigenvalue weighted by Crippen LogP contribution is -1.99. The molecule has 104 valence electrons. The Kier molecular flexibility index (Phi) is 2.57. The van der Waals surface area contributed by atoms with Gasteiger partial charge in [0.25, 0.3) is 0 Å². The van der Waals surface area contributed by atoms with E-state index in [-0.39, 0.29) is 5.69 Å². The van der Waals surface area contributed by atoms with Crippen molar-refractivity contribution in [2.24, 2.45) is 0 Å². The van der Waals surface area contributed by atoms with Crippen LogP contribution in [0.15, 0.2) is 53.5 Å². The van der Waals surface area contributed by atoms with Crippen molar-refractivity contribution in [2.45, 2.75) is 6.54 Å². The smallest absolute Gasteiger partial charge is 0.323 e. The molecule has 5 heteroatoms. The second-order valence-corrected chi connectivity index (χ2v) is 5.09. The van der Waals surface area contributed by atoms with Crippen molar-refractivity contribution in [3.63, 3.8) is 0 Å². The fourth-order valence-corrected chi connectivity index (χ4v) is 2.55. The minimum absolute atomic E-state index is 0.181. The highest BCUT2D eigenvalue weighted by atomic mass is 16.1. The molecule has 0 saturated carbocycles. The van der Waals surface area contributed by atoms with Crippen LogP contribution >= 0.6 is 0 Å². The summed E-state index contributed by atoms with van der Waals surface area (Å²) < 4.78 is 0. The second kappa shape index (κ2) is 4.56. The van der Waals surface area contributed by atoms with E-state index in [4.69, 9.17) is 0 Å². The number of imidazole rings is 1. The number of nitrogens with one attached hydrogen (secondary N) is 4. The molecule has 0 bridgehead atoms. The highest BCUT2D eigenvalue weighted by Crippen LogP contribution is 2.17. The van der Waals surface area contributed by atoms with Gasteiger partial charge in [-0.1, -0.05) is 12.1 Å². The zero-order valence-corrected chi connectivity index (χ0v) is 11.2. The number of aromatic amines is 3. The molecule has 4 aromatic rings. The molecule has 0 radical (unpaired) electrons. The average molecular weight is 278 g/mol. The summed E-state index contributed by atoms with van der Waals surface area (Å²) in [6, 6.07) is 14.2. The molecule has 2 heterocycles. The third kappa shape index (κ3) is 2.18. The van der Waals surface area contributed by atoms with Crippen LogP contribution < -0.4 is 11.0 Å². The SMILES string of the molecule is O=c1[nH]c2ccc(NCc3ccc4cc[nH]c4c3)cc2[nH]1. The second-order valence-electron chi connectivity index (χ2n) is 5.09. The Labute approximate surface area is 120 Å². The zero-order chi connectivity index (χ0) is 14.2. The third-order valence-corrected chi connectivity index (χ3v) is 3.63. The minimum Gasteiger partial charge on any atom is -0.381 e. The Morgan fingerprint density at radius 1 is 0.905 bits per heavy atom. The molecule has 5 nitrogen and oxygen atoms in total. The lowest BCUT2D eigenvalue weighted by atomic mass is 10.1. The zero-order valence-electron chi connectivity index (χ0n) is 11.2. The van der Waals surface area contributed by atoms with Crippen LogP contribution in [-0.2, 0) is 6.54 Å². The molecule has 21 heavy (non-hydrogen) atoms. The van der Waals surface area contributed by atoms with Gasteiger partial charge in [0, 0.05) is 23.9 Å². The molecule has 0 atom stereocenters. The summed E-state index contributed by atoms with van der Waals surface area (Å²) in [5, 5.41) is 4.58. The van der Waals surface area contributed by atoms with E-state index in [1.165, 1.54) is 10.9 Å². The van der Waals surface area contributed by atoms with E-state index in [0.717, 1.165) is 28.8 Å². The Morgan fingerprint density at radius 3 is 2.76 bits per heavy atom. The third-order valence-electron chi connectivity index (χ3n) is 3.63. The maximum Gasteiger partial charge on any atom is 0.323 e. The van der Waals surface area contributed by atoms with Gasteiger partial charge in [-0.15, -0.1) is 0 Å². The van der Waals surface area contributed by atoms with Gasteiger partial charge < -0.3 is 20.3 Å². The standard InChI is InChI=1S/C16H14N4O/c21-16-19-13-4-3-12(8-15(13)20-16)18-9-10-1-2-11-5-6-17-14(11)7-10/h1-8,17-18H,9H2,(H2,19,20,21). The van der Waals surface area contributed by atoms with E-state index in [2.05, 4.69) is 44.5 Å². The number of rotatable bonds is 3. The fraction of sp³-hybridized carbons (Fsp3) is 0.0625. The van der Waals surface area contributed by atoms with Crippen LogP contribution in [0.1, 0.15) is 5.56 Å². The fourth-order valence-electron chi connectivity index (χ4n) is 2.55. The van der Waals surface area contributed by atoms with Crippen LogP contribution in [-0.4, -0.2) is 15.0 Å². The number of hydrogen-bond acceptors (Lipinski definition) is 2.